The Kier molecular flexibility index (Phi) is 3.85. The van der Waals surface area contributed by atoms with Gasteiger partial charge >= 0.3 is 6.18 Å². The zero-order valence-corrected chi connectivity index (χ0v) is 15.9. The lowest BCUT2D eigenvalue weighted by molar-refractivity contribution is -0.176. The third kappa shape index (κ3) is 2.86. The van der Waals surface area contributed by atoms with E-state index in [-0.39, 0.29) is 18.8 Å². The molecule has 0 aromatic carbocycles. The Labute approximate surface area is 159 Å². The minimum atomic E-state index is -4.16. The van der Waals surface area contributed by atoms with Crippen LogP contribution in [0.4, 0.5) is 24.9 Å². The van der Waals surface area contributed by atoms with Crippen LogP contribution in [0.2, 0.25) is 0 Å². The fourth-order valence-corrected chi connectivity index (χ4v) is 6.33. The van der Waals surface area contributed by atoms with Crippen LogP contribution in [-0.2, 0) is 12.8 Å². The van der Waals surface area contributed by atoms with Crippen molar-refractivity contribution in [3.8, 4) is 0 Å². The lowest BCUT2D eigenvalue weighted by Gasteiger charge is -2.24. The van der Waals surface area contributed by atoms with Gasteiger partial charge in [-0.25, -0.2) is 4.98 Å². The number of hydrogen-bond acceptors (Lipinski definition) is 6. The molecule has 2 N–H and O–H groups in total. The number of hydrogen-bond donors (Lipinski definition) is 1. The molecule has 9 heteroatoms. The number of alkyl halides is 3. The smallest absolute Gasteiger partial charge is 0.368 e. The van der Waals surface area contributed by atoms with Gasteiger partial charge in [0.2, 0.25) is 5.95 Å². The molecule has 2 unspecified atom stereocenters. The quantitative estimate of drug-likeness (QED) is 0.802. The third-order valence-electron chi connectivity index (χ3n) is 6.31. The van der Waals surface area contributed by atoms with Crippen molar-refractivity contribution >= 4 is 33.3 Å². The molecule has 2 saturated heterocycles. The summed E-state index contributed by atoms with van der Waals surface area (Å²) in [5.74, 6) is 0.916. The Bertz CT molecular complexity index is 881. The van der Waals surface area contributed by atoms with Crippen molar-refractivity contribution in [2.24, 2.45) is 17.8 Å². The van der Waals surface area contributed by atoms with Crippen LogP contribution >= 0.6 is 11.3 Å². The van der Waals surface area contributed by atoms with Crippen LogP contribution in [0.15, 0.2) is 0 Å². The number of thiophene rings is 1. The van der Waals surface area contributed by atoms with E-state index in [2.05, 4.69) is 26.8 Å². The predicted molar refractivity (Wildman–Crippen MR) is 100 cm³/mol. The molecule has 4 heterocycles. The number of aromatic nitrogens is 2. The number of nitrogen functional groups attached to an aromatic ring is 1. The fraction of sp³-hybridized carbons (Fsp3) is 0.667. The number of halogens is 3. The first kappa shape index (κ1) is 17.5. The average molecular weight is 397 g/mol. The summed E-state index contributed by atoms with van der Waals surface area (Å²) in [4.78, 5) is 14.5. The number of nitrogens with two attached hydrogens (primary N) is 1. The molecule has 0 spiro atoms. The number of nitrogens with zero attached hydrogens (tertiary/aromatic N) is 4. The summed E-state index contributed by atoms with van der Waals surface area (Å²) in [5, 5.41) is 0. The Morgan fingerprint density at radius 3 is 2.48 bits per heavy atom. The standard InChI is InChI=1S/C18H22F3N5S/c1-25-5-9-7-26(8-10(9)6-25)16-15-14(23-17(22)24-16)12-4-11(18(19,20)21)2-3-13(12)27-15/h9-11H,2-8H2,1H3,(H2,22,23,24)/t9-,10?,11?/m0/s1. The lowest BCUT2D eigenvalue weighted by atomic mass is 9.87. The molecular weight excluding hydrogens is 375 g/mol. The first-order valence-corrected chi connectivity index (χ1v) is 10.2. The van der Waals surface area contributed by atoms with Crippen LogP contribution in [0.3, 0.4) is 0 Å². The van der Waals surface area contributed by atoms with Crippen molar-refractivity contribution in [1.82, 2.24) is 14.9 Å². The van der Waals surface area contributed by atoms with Gasteiger partial charge in [-0.1, -0.05) is 0 Å². The van der Waals surface area contributed by atoms with Crippen molar-refractivity contribution in [1.29, 1.82) is 0 Å². The summed E-state index contributed by atoms with van der Waals surface area (Å²) >= 11 is 1.56. The molecule has 3 atom stereocenters. The normalized spacial score (nSPS) is 28.7. The summed E-state index contributed by atoms with van der Waals surface area (Å²) in [6, 6.07) is 0. The van der Waals surface area contributed by atoms with Crippen molar-refractivity contribution in [2.45, 2.75) is 25.4 Å². The zero-order valence-electron chi connectivity index (χ0n) is 15.1. The molecule has 0 saturated carbocycles. The highest BCUT2D eigenvalue weighted by atomic mass is 32.1. The van der Waals surface area contributed by atoms with Gasteiger partial charge in [0.15, 0.2) is 5.82 Å². The second kappa shape index (κ2) is 5.94. The minimum Gasteiger partial charge on any atom is -0.368 e. The van der Waals surface area contributed by atoms with E-state index in [9.17, 15) is 13.2 Å². The molecule has 2 aromatic rings. The van der Waals surface area contributed by atoms with E-state index in [1.807, 2.05) is 0 Å². The predicted octanol–water partition coefficient (Wildman–Crippen LogP) is 2.94. The Balaban J connectivity index is 1.53. The molecule has 146 valence electrons. The summed E-state index contributed by atoms with van der Waals surface area (Å²) < 4.78 is 40.6. The Hall–Kier alpha value is -1.61. The van der Waals surface area contributed by atoms with Gasteiger partial charge in [0, 0.05) is 31.1 Å². The number of rotatable bonds is 1. The topological polar surface area (TPSA) is 58.3 Å². The first-order valence-electron chi connectivity index (χ1n) is 9.37. The van der Waals surface area contributed by atoms with E-state index in [1.54, 1.807) is 11.3 Å². The SMILES string of the molecule is CN1CC2CN(c3nc(N)nc4c5c(sc34)CCC(C(F)(F)F)C5)C[C@@H]2C1. The van der Waals surface area contributed by atoms with Gasteiger partial charge in [-0.2, -0.15) is 18.2 Å². The molecular formula is C18H22F3N5S. The summed E-state index contributed by atoms with van der Waals surface area (Å²) in [7, 11) is 2.15. The molecule has 27 heavy (non-hydrogen) atoms. The van der Waals surface area contributed by atoms with Gasteiger partial charge in [-0.3, -0.25) is 0 Å². The summed E-state index contributed by atoms with van der Waals surface area (Å²) in [5.41, 5.74) is 7.34. The van der Waals surface area contributed by atoms with Crippen LogP contribution in [-0.4, -0.2) is 54.3 Å². The van der Waals surface area contributed by atoms with Gasteiger partial charge in [-0.05, 0) is 43.7 Å². The van der Waals surface area contributed by atoms with Gasteiger partial charge in [-0.15, -0.1) is 11.3 Å². The van der Waals surface area contributed by atoms with Crippen LogP contribution in [0.5, 0.6) is 0 Å². The zero-order chi connectivity index (χ0) is 18.9. The van der Waals surface area contributed by atoms with Gasteiger partial charge in [0.05, 0.1) is 16.1 Å². The number of likely N-dealkylation sites (tertiary alicyclic amines) is 1. The third-order valence-corrected chi connectivity index (χ3v) is 7.59. The maximum absolute atomic E-state index is 13.2. The molecule has 0 bridgehead atoms. The van der Waals surface area contributed by atoms with Crippen LogP contribution in [0.25, 0.3) is 10.2 Å². The van der Waals surface area contributed by atoms with Gasteiger partial charge in [0.25, 0.3) is 0 Å². The van der Waals surface area contributed by atoms with Crippen molar-refractivity contribution in [2.75, 3.05) is 43.9 Å². The molecule has 2 aromatic heterocycles. The molecule has 0 radical (unpaired) electrons. The molecule has 0 amide bonds. The maximum atomic E-state index is 13.2. The second-order valence-electron chi connectivity index (χ2n) is 8.21. The van der Waals surface area contributed by atoms with Crippen molar-refractivity contribution in [3.05, 3.63) is 10.4 Å². The highest BCUT2D eigenvalue weighted by molar-refractivity contribution is 7.19. The van der Waals surface area contributed by atoms with E-state index in [0.29, 0.717) is 23.8 Å². The monoisotopic (exact) mass is 397 g/mol. The fourth-order valence-electron chi connectivity index (χ4n) is 5.03. The molecule has 2 aliphatic heterocycles. The molecule has 5 nitrogen and oxygen atoms in total. The highest BCUT2D eigenvalue weighted by Crippen LogP contribution is 2.45. The molecule has 5 rings (SSSR count). The largest absolute Gasteiger partial charge is 0.392 e. The first-order chi connectivity index (χ1) is 12.8. The Morgan fingerprint density at radius 1 is 1.11 bits per heavy atom. The van der Waals surface area contributed by atoms with E-state index >= 15 is 0 Å². The minimum absolute atomic E-state index is 0.00473. The van der Waals surface area contributed by atoms with Crippen molar-refractivity contribution in [3.63, 3.8) is 0 Å². The Morgan fingerprint density at radius 2 is 1.81 bits per heavy atom. The maximum Gasteiger partial charge on any atom is 0.392 e. The molecule has 2 fully saturated rings. The van der Waals surface area contributed by atoms with E-state index in [1.165, 1.54) is 0 Å². The van der Waals surface area contributed by atoms with E-state index in [4.69, 9.17) is 5.73 Å². The molecule has 3 aliphatic rings. The number of aryl methyl sites for hydroxylation is 1. The summed E-state index contributed by atoms with van der Waals surface area (Å²) in [6.45, 7) is 4.01. The highest BCUT2D eigenvalue weighted by Gasteiger charge is 2.43. The number of anilines is 2. The lowest BCUT2D eigenvalue weighted by Crippen LogP contribution is -2.28. The van der Waals surface area contributed by atoms with E-state index < -0.39 is 12.1 Å². The van der Waals surface area contributed by atoms with E-state index in [0.717, 1.165) is 47.1 Å². The second-order valence-corrected chi connectivity index (χ2v) is 9.32. The number of fused-ring (bicyclic) bond motifs is 4. The van der Waals surface area contributed by atoms with Gasteiger partial charge < -0.3 is 15.5 Å². The summed E-state index contributed by atoms with van der Waals surface area (Å²) in [6.07, 6.45) is -3.55. The van der Waals surface area contributed by atoms with Crippen molar-refractivity contribution < 1.29 is 13.2 Å². The van der Waals surface area contributed by atoms with Crippen LogP contribution < -0.4 is 10.6 Å². The average Bonchev–Trinajstić information content (AvgIpc) is 3.23. The van der Waals surface area contributed by atoms with Crippen LogP contribution in [0, 0.1) is 17.8 Å². The molecule has 1 aliphatic carbocycles. The van der Waals surface area contributed by atoms with Crippen LogP contribution in [0.1, 0.15) is 16.9 Å². The van der Waals surface area contributed by atoms with Gasteiger partial charge in [0.1, 0.15) is 0 Å².